The van der Waals surface area contributed by atoms with Crippen molar-refractivity contribution < 1.29 is 28.6 Å². The van der Waals surface area contributed by atoms with Gasteiger partial charge in [-0.1, -0.05) is 30.3 Å². The zero-order valence-corrected chi connectivity index (χ0v) is 16.1. The molecule has 1 aliphatic rings. The Hall–Kier alpha value is -2.77. The monoisotopic (exact) mass is 378 g/mol. The number of hydrogen-bond donors (Lipinski definition) is 1. The van der Waals surface area contributed by atoms with Crippen molar-refractivity contribution in [2.24, 2.45) is 0 Å². The zero-order chi connectivity index (χ0) is 20.0. The van der Waals surface area contributed by atoms with Crippen LogP contribution in [0.15, 0.2) is 30.3 Å². The number of hydrogen-bond acceptors (Lipinski definition) is 6. The summed E-state index contributed by atoms with van der Waals surface area (Å²) in [6.07, 6.45) is -1.01. The minimum Gasteiger partial charge on any atom is -0.467 e. The number of nitrogens with zero attached hydrogens (tertiary/aromatic N) is 1. The molecule has 1 saturated heterocycles. The number of carbonyl (C=O) groups excluding carboxylic acids is 3. The lowest BCUT2D eigenvalue weighted by atomic mass is 10.2. The fourth-order valence-corrected chi connectivity index (χ4v) is 2.78. The Morgan fingerprint density at radius 2 is 1.85 bits per heavy atom. The Labute approximate surface area is 158 Å². The van der Waals surface area contributed by atoms with Gasteiger partial charge in [-0.25, -0.2) is 14.4 Å². The fourth-order valence-electron chi connectivity index (χ4n) is 2.78. The zero-order valence-electron chi connectivity index (χ0n) is 16.1. The highest BCUT2D eigenvalue weighted by Crippen LogP contribution is 2.21. The van der Waals surface area contributed by atoms with Crippen molar-refractivity contribution in [1.82, 2.24) is 10.2 Å². The SMILES string of the molecule is COC(=O)[C@H]1C[C@H](NC(=O)OC(C)(C)C)CN1C(=O)OCc1ccccc1. The maximum absolute atomic E-state index is 12.5. The van der Waals surface area contributed by atoms with Crippen molar-refractivity contribution in [3.8, 4) is 0 Å². The van der Waals surface area contributed by atoms with Crippen LogP contribution in [-0.2, 0) is 25.6 Å². The predicted octanol–water partition coefficient (Wildman–Crippen LogP) is 2.46. The van der Waals surface area contributed by atoms with Gasteiger partial charge in [-0.15, -0.1) is 0 Å². The van der Waals surface area contributed by atoms with Gasteiger partial charge in [0.25, 0.3) is 0 Å². The van der Waals surface area contributed by atoms with E-state index in [1.807, 2.05) is 30.3 Å². The molecule has 1 aromatic rings. The second kappa shape index (κ2) is 8.75. The number of carbonyl (C=O) groups is 3. The summed E-state index contributed by atoms with van der Waals surface area (Å²) in [5, 5.41) is 2.68. The largest absolute Gasteiger partial charge is 0.467 e. The van der Waals surface area contributed by atoms with Gasteiger partial charge >= 0.3 is 18.2 Å². The number of nitrogens with one attached hydrogen (secondary N) is 1. The first-order chi connectivity index (χ1) is 12.7. The molecule has 1 N–H and O–H groups in total. The van der Waals surface area contributed by atoms with Crippen molar-refractivity contribution in [1.29, 1.82) is 0 Å². The van der Waals surface area contributed by atoms with Crippen LogP contribution in [0.4, 0.5) is 9.59 Å². The molecule has 0 bridgehead atoms. The van der Waals surface area contributed by atoms with Crippen molar-refractivity contribution in [2.75, 3.05) is 13.7 Å². The molecule has 0 aromatic heterocycles. The Morgan fingerprint density at radius 1 is 1.19 bits per heavy atom. The highest BCUT2D eigenvalue weighted by molar-refractivity contribution is 5.82. The molecule has 8 nitrogen and oxygen atoms in total. The maximum atomic E-state index is 12.5. The molecule has 0 aliphatic carbocycles. The third kappa shape index (κ3) is 6.16. The van der Waals surface area contributed by atoms with E-state index >= 15 is 0 Å². The summed E-state index contributed by atoms with van der Waals surface area (Å²) in [4.78, 5) is 37.7. The molecule has 2 atom stereocenters. The molecule has 1 heterocycles. The number of esters is 1. The Balaban J connectivity index is 1.98. The average molecular weight is 378 g/mol. The van der Waals surface area contributed by atoms with E-state index in [9.17, 15) is 14.4 Å². The van der Waals surface area contributed by atoms with Crippen LogP contribution in [0.3, 0.4) is 0 Å². The van der Waals surface area contributed by atoms with Gasteiger partial charge in [0.15, 0.2) is 0 Å². The second-order valence-electron chi connectivity index (χ2n) is 7.31. The number of ether oxygens (including phenoxy) is 3. The van der Waals surface area contributed by atoms with E-state index in [-0.39, 0.29) is 19.6 Å². The van der Waals surface area contributed by atoms with Crippen LogP contribution in [-0.4, -0.2) is 54.4 Å². The number of alkyl carbamates (subject to hydrolysis) is 1. The van der Waals surface area contributed by atoms with Crippen LogP contribution in [0.5, 0.6) is 0 Å². The number of benzene rings is 1. The lowest BCUT2D eigenvalue weighted by molar-refractivity contribution is -0.145. The van der Waals surface area contributed by atoms with E-state index in [1.165, 1.54) is 12.0 Å². The van der Waals surface area contributed by atoms with Crippen LogP contribution < -0.4 is 5.32 Å². The van der Waals surface area contributed by atoms with Crippen LogP contribution in [0.1, 0.15) is 32.8 Å². The van der Waals surface area contributed by atoms with Gasteiger partial charge in [0.2, 0.25) is 0 Å². The van der Waals surface area contributed by atoms with Crippen LogP contribution in [0, 0.1) is 0 Å². The summed E-state index contributed by atoms with van der Waals surface area (Å²) in [6, 6.07) is 7.97. The van der Waals surface area contributed by atoms with E-state index in [4.69, 9.17) is 14.2 Å². The summed E-state index contributed by atoms with van der Waals surface area (Å²) < 4.78 is 15.3. The van der Waals surface area contributed by atoms with Crippen LogP contribution >= 0.6 is 0 Å². The smallest absolute Gasteiger partial charge is 0.410 e. The summed E-state index contributed by atoms with van der Waals surface area (Å²) in [6.45, 7) is 5.49. The highest BCUT2D eigenvalue weighted by atomic mass is 16.6. The molecular formula is C19H26N2O6. The van der Waals surface area contributed by atoms with E-state index in [0.717, 1.165) is 5.56 Å². The average Bonchev–Trinajstić information content (AvgIpc) is 3.02. The summed E-state index contributed by atoms with van der Waals surface area (Å²) in [5.41, 5.74) is 0.196. The van der Waals surface area contributed by atoms with Crippen molar-refractivity contribution in [2.45, 2.75) is 51.5 Å². The van der Waals surface area contributed by atoms with Crippen LogP contribution in [0.2, 0.25) is 0 Å². The lowest BCUT2D eigenvalue weighted by Gasteiger charge is -2.22. The first-order valence-electron chi connectivity index (χ1n) is 8.74. The van der Waals surface area contributed by atoms with Crippen molar-refractivity contribution >= 4 is 18.2 Å². The molecule has 0 radical (unpaired) electrons. The second-order valence-corrected chi connectivity index (χ2v) is 7.31. The van der Waals surface area contributed by atoms with Gasteiger partial charge in [-0.3, -0.25) is 4.90 Å². The quantitative estimate of drug-likeness (QED) is 0.639. The third-order valence-corrected chi connectivity index (χ3v) is 3.93. The molecule has 2 amide bonds. The fraction of sp³-hybridized carbons (Fsp3) is 0.526. The van der Waals surface area contributed by atoms with E-state index in [0.29, 0.717) is 0 Å². The van der Waals surface area contributed by atoms with Crippen LogP contribution in [0.25, 0.3) is 0 Å². The van der Waals surface area contributed by atoms with Gasteiger partial charge in [0, 0.05) is 13.0 Å². The molecule has 0 saturated carbocycles. The van der Waals surface area contributed by atoms with Crippen molar-refractivity contribution in [3.63, 3.8) is 0 Å². The number of likely N-dealkylation sites (tertiary alicyclic amines) is 1. The van der Waals surface area contributed by atoms with Gasteiger partial charge in [0.1, 0.15) is 18.2 Å². The maximum Gasteiger partial charge on any atom is 0.410 e. The Kier molecular flexibility index (Phi) is 6.65. The summed E-state index contributed by atoms with van der Waals surface area (Å²) in [7, 11) is 1.25. The van der Waals surface area contributed by atoms with Gasteiger partial charge in [-0.2, -0.15) is 0 Å². The molecule has 0 spiro atoms. The molecule has 1 aliphatic heterocycles. The third-order valence-electron chi connectivity index (χ3n) is 3.93. The molecule has 148 valence electrons. The molecule has 27 heavy (non-hydrogen) atoms. The molecule has 2 rings (SSSR count). The molecule has 8 heteroatoms. The first kappa shape index (κ1) is 20.5. The lowest BCUT2D eigenvalue weighted by Crippen LogP contribution is -2.42. The topological polar surface area (TPSA) is 94.2 Å². The molecule has 0 unspecified atom stereocenters. The highest BCUT2D eigenvalue weighted by Gasteiger charge is 2.42. The Bertz CT molecular complexity index is 671. The first-order valence-corrected chi connectivity index (χ1v) is 8.74. The molecule has 1 aromatic carbocycles. The van der Waals surface area contributed by atoms with E-state index < -0.39 is 35.8 Å². The number of amides is 2. The predicted molar refractivity (Wildman–Crippen MR) is 96.9 cm³/mol. The normalized spacial score (nSPS) is 19.3. The van der Waals surface area contributed by atoms with E-state index in [1.54, 1.807) is 20.8 Å². The molecular weight excluding hydrogens is 352 g/mol. The van der Waals surface area contributed by atoms with Gasteiger partial charge in [0.05, 0.1) is 13.2 Å². The Morgan fingerprint density at radius 3 is 2.44 bits per heavy atom. The number of methoxy groups -OCH3 is 1. The van der Waals surface area contributed by atoms with Gasteiger partial charge < -0.3 is 19.5 Å². The summed E-state index contributed by atoms with van der Waals surface area (Å²) >= 11 is 0. The van der Waals surface area contributed by atoms with E-state index in [2.05, 4.69) is 5.32 Å². The minimum absolute atomic E-state index is 0.0915. The number of rotatable bonds is 4. The molecule has 1 fully saturated rings. The standard InChI is InChI=1S/C19H26N2O6/c1-19(2,3)27-17(23)20-14-10-15(16(22)25-4)21(11-14)18(24)26-12-13-8-6-5-7-9-13/h5-9,14-15H,10-12H2,1-4H3,(H,20,23)/t14-,15+/m0/s1. The van der Waals surface area contributed by atoms with Crippen molar-refractivity contribution in [3.05, 3.63) is 35.9 Å². The summed E-state index contributed by atoms with van der Waals surface area (Å²) in [5.74, 6) is -0.555. The minimum atomic E-state index is -0.821. The van der Waals surface area contributed by atoms with Gasteiger partial charge in [-0.05, 0) is 26.3 Å².